The van der Waals surface area contributed by atoms with Gasteiger partial charge in [0.1, 0.15) is 11.5 Å². The fourth-order valence-electron chi connectivity index (χ4n) is 2.62. The molecule has 6 heteroatoms. The van der Waals surface area contributed by atoms with E-state index in [1.54, 1.807) is 7.11 Å². The fraction of sp³-hybridized carbons (Fsp3) is 0.150. The molecule has 4 rings (SSSR count). The van der Waals surface area contributed by atoms with Gasteiger partial charge in [-0.25, -0.2) is 4.98 Å². The van der Waals surface area contributed by atoms with Gasteiger partial charge in [-0.2, -0.15) is 4.98 Å². The Bertz CT molecular complexity index is 1000. The van der Waals surface area contributed by atoms with Crippen LogP contribution in [-0.4, -0.2) is 22.2 Å². The smallest absolute Gasteiger partial charge is 0.257 e. The molecule has 130 valence electrons. The van der Waals surface area contributed by atoms with Gasteiger partial charge >= 0.3 is 0 Å². The minimum Gasteiger partial charge on any atom is -0.497 e. The van der Waals surface area contributed by atoms with Gasteiger partial charge < -0.3 is 13.7 Å². The summed E-state index contributed by atoms with van der Waals surface area (Å²) in [6, 6.07) is 17.2. The highest BCUT2D eigenvalue weighted by molar-refractivity contribution is 5.55. The van der Waals surface area contributed by atoms with Gasteiger partial charge in [-0.05, 0) is 43.3 Å². The number of hydrogen-bond donors (Lipinski definition) is 0. The highest BCUT2D eigenvalue weighted by atomic mass is 16.5. The molecule has 0 bridgehead atoms. The SMILES string of the molecule is COc1ccc(-c2nc(Cc3noc(-c4ccccc4)n3)c(C)o2)cc1. The van der Waals surface area contributed by atoms with Crippen LogP contribution in [0.3, 0.4) is 0 Å². The molecule has 4 aromatic rings. The van der Waals surface area contributed by atoms with E-state index in [4.69, 9.17) is 13.7 Å². The quantitative estimate of drug-likeness (QED) is 0.536. The van der Waals surface area contributed by atoms with E-state index >= 15 is 0 Å². The molecule has 2 aromatic carbocycles. The summed E-state index contributed by atoms with van der Waals surface area (Å²) in [7, 11) is 1.64. The lowest BCUT2D eigenvalue weighted by atomic mass is 10.2. The molecule has 26 heavy (non-hydrogen) atoms. The van der Waals surface area contributed by atoms with Crippen LogP contribution in [0.15, 0.2) is 63.5 Å². The predicted molar refractivity (Wildman–Crippen MR) is 95.8 cm³/mol. The van der Waals surface area contributed by atoms with Crippen LogP contribution in [0.1, 0.15) is 17.3 Å². The van der Waals surface area contributed by atoms with E-state index in [1.807, 2.05) is 61.5 Å². The second kappa shape index (κ2) is 6.84. The maximum Gasteiger partial charge on any atom is 0.257 e. The summed E-state index contributed by atoms with van der Waals surface area (Å²) < 4.78 is 16.3. The predicted octanol–water partition coefficient (Wildman–Crippen LogP) is 4.30. The topological polar surface area (TPSA) is 74.2 Å². The molecule has 0 radical (unpaired) electrons. The Morgan fingerprint density at radius 1 is 0.885 bits per heavy atom. The lowest BCUT2D eigenvalue weighted by Crippen LogP contribution is -1.93. The van der Waals surface area contributed by atoms with Crippen molar-refractivity contribution < 1.29 is 13.7 Å². The van der Waals surface area contributed by atoms with Gasteiger partial charge in [0, 0.05) is 11.1 Å². The number of nitrogens with zero attached hydrogens (tertiary/aromatic N) is 3. The third-order valence-corrected chi connectivity index (χ3v) is 4.04. The molecule has 0 amide bonds. The summed E-state index contributed by atoms with van der Waals surface area (Å²) in [6.45, 7) is 1.88. The second-order valence-corrected chi connectivity index (χ2v) is 5.81. The van der Waals surface area contributed by atoms with Crippen molar-refractivity contribution in [3.05, 3.63) is 71.9 Å². The minimum atomic E-state index is 0.446. The summed E-state index contributed by atoms with van der Waals surface area (Å²) in [4.78, 5) is 9.03. The largest absolute Gasteiger partial charge is 0.497 e. The first-order valence-corrected chi connectivity index (χ1v) is 8.21. The van der Waals surface area contributed by atoms with Crippen molar-refractivity contribution in [2.24, 2.45) is 0 Å². The van der Waals surface area contributed by atoms with Crippen molar-refractivity contribution in [3.8, 4) is 28.7 Å². The second-order valence-electron chi connectivity index (χ2n) is 5.81. The van der Waals surface area contributed by atoms with Crippen LogP contribution in [0.2, 0.25) is 0 Å². The molecule has 0 N–H and O–H groups in total. The molecule has 0 fully saturated rings. The molecule has 0 unspecified atom stereocenters. The number of benzene rings is 2. The lowest BCUT2D eigenvalue weighted by Gasteiger charge is -1.99. The summed E-state index contributed by atoms with van der Waals surface area (Å²) in [5.41, 5.74) is 2.57. The van der Waals surface area contributed by atoms with Crippen LogP contribution in [0.4, 0.5) is 0 Å². The normalized spacial score (nSPS) is 10.8. The van der Waals surface area contributed by atoms with E-state index in [-0.39, 0.29) is 0 Å². The monoisotopic (exact) mass is 347 g/mol. The summed E-state index contributed by atoms with van der Waals surface area (Å²) in [5.74, 6) is 3.16. The van der Waals surface area contributed by atoms with Crippen LogP contribution in [0.5, 0.6) is 5.75 Å². The number of ether oxygens (including phenoxy) is 1. The molecular weight excluding hydrogens is 330 g/mol. The maximum absolute atomic E-state index is 5.80. The van der Waals surface area contributed by atoms with Crippen LogP contribution in [-0.2, 0) is 6.42 Å². The molecular formula is C20H17N3O3. The average molecular weight is 347 g/mol. The molecule has 2 heterocycles. The number of rotatable bonds is 5. The standard InChI is InChI=1S/C20H17N3O3/c1-13-17(21-19(25-13)15-8-10-16(24-2)11-9-15)12-18-22-20(26-23-18)14-6-4-3-5-7-14/h3-11H,12H2,1-2H3. The third-order valence-electron chi connectivity index (χ3n) is 4.04. The first-order valence-electron chi connectivity index (χ1n) is 8.21. The van der Waals surface area contributed by atoms with E-state index in [2.05, 4.69) is 15.1 Å². The lowest BCUT2D eigenvalue weighted by molar-refractivity contribution is 0.415. The Labute approximate surface area is 150 Å². The first-order chi connectivity index (χ1) is 12.7. The van der Waals surface area contributed by atoms with E-state index in [0.717, 1.165) is 28.3 Å². The molecule has 0 aliphatic carbocycles. The number of methoxy groups -OCH3 is 1. The highest BCUT2D eigenvalue weighted by Gasteiger charge is 2.16. The zero-order chi connectivity index (χ0) is 17.9. The summed E-state index contributed by atoms with van der Waals surface area (Å²) >= 11 is 0. The van der Waals surface area contributed by atoms with E-state index < -0.39 is 0 Å². The average Bonchev–Trinajstić information content (AvgIpc) is 3.30. The molecule has 0 spiro atoms. The van der Waals surface area contributed by atoms with Crippen molar-refractivity contribution in [1.29, 1.82) is 0 Å². The Kier molecular flexibility index (Phi) is 4.23. The van der Waals surface area contributed by atoms with Crippen LogP contribution < -0.4 is 4.74 Å². The minimum absolute atomic E-state index is 0.446. The van der Waals surface area contributed by atoms with E-state index in [1.165, 1.54) is 0 Å². The van der Waals surface area contributed by atoms with Crippen molar-refractivity contribution in [2.45, 2.75) is 13.3 Å². The first kappa shape index (κ1) is 16.1. The third kappa shape index (κ3) is 3.21. The van der Waals surface area contributed by atoms with Gasteiger partial charge in [0.05, 0.1) is 19.2 Å². The zero-order valence-corrected chi connectivity index (χ0v) is 14.5. The highest BCUT2D eigenvalue weighted by Crippen LogP contribution is 2.25. The van der Waals surface area contributed by atoms with E-state index in [0.29, 0.717) is 24.0 Å². The Morgan fingerprint density at radius 3 is 2.35 bits per heavy atom. The number of hydrogen-bond acceptors (Lipinski definition) is 6. The maximum atomic E-state index is 5.80. The van der Waals surface area contributed by atoms with Gasteiger partial charge in [0.15, 0.2) is 5.82 Å². The van der Waals surface area contributed by atoms with Gasteiger partial charge in [-0.15, -0.1) is 0 Å². The number of aromatic nitrogens is 3. The van der Waals surface area contributed by atoms with Crippen molar-refractivity contribution in [2.75, 3.05) is 7.11 Å². The molecule has 0 saturated carbocycles. The zero-order valence-electron chi connectivity index (χ0n) is 14.5. The molecule has 0 atom stereocenters. The van der Waals surface area contributed by atoms with Gasteiger partial charge in [0.2, 0.25) is 5.89 Å². The molecule has 0 aliphatic rings. The van der Waals surface area contributed by atoms with Gasteiger partial charge in [0.25, 0.3) is 5.89 Å². The summed E-state index contributed by atoms with van der Waals surface area (Å²) in [5, 5.41) is 4.05. The van der Waals surface area contributed by atoms with Crippen molar-refractivity contribution >= 4 is 0 Å². The molecule has 0 aliphatic heterocycles. The van der Waals surface area contributed by atoms with Crippen LogP contribution >= 0.6 is 0 Å². The molecule has 2 aromatic heterocycles. The van der Waals surface area contributed by atoms with E-state index in [9.17, 15) is 0 Å². The number of oxazole rings is 1. The van der Waals surface area contributed by atoms with Crippen LogP contribution in [0, 0.1) is 6.92 Å². The number of aryl methyl sites for hydroxylation is 1. The fourth-order valence-corrected chi connectivity index (χ4v) is 2.62. The summed E-state index contributed by atoms with van der Waals surface area (Å²) in [6.07, 6.45) is 0.446. The van der Waals surface area contributed by atoms with Crippen molar-refractivity contribution in [1.82, 2.24) is 15.1 Å². The molecule has 0 saturated heterocycles. The van der Waals surface area contributed by atoms with Gasteiger partial charge in [-0.1, -0.05) is 23.4 Å². The Balaban J connectivity index is 1.55. The van der Waals surface area contributed by atoms with Crippen molar-refractivity contribution in [3.63, 3.8) is 0 Å². The van der Waals surface area contributed by atoms with Crippen LogP contribution in [0.25, 0.3) is 22.9 Å². The Morgan fingerprint density at radius 2 is 1.62 bits per heavy atom. The Hall–Kier alpha value is -3.41. The van der Waals surface area contributed by atoms with Gasteiger partial charge in [-0.3, -0.25) is 0 Å². The molecule has 6 nitrogen and oxygen atoms in total.